The molecule has 0 aliphatic carbocycles. The highest BCUT2D eigenvalue weighted by atomic mass is 16.5. The van der Waals surface area contributed by atoms with E-state index in [2.05, 4.69) is 41.3 Å². The van der Waals surface area contributed by atoms with Crippen molar-refractivity contribution >= 4 is 29.8 Å². The Bertz CT molecular complexity index is 896. The van der Waals surface area contributed by atoms with Gasteiger partial charge < -0.3 is 9.64 Å². The Labute approximate surface area is 154 Å². The molecule has 0 aromatic heterocycles. The van der Waals surface area contributed by atoms with Crippen molar-refractivity contribution in [3.63, 3.8) is 0 Å². The molecule has 0 fully saturated rings. The maximum atomic E-state index is 10.8. The topological polar surface area (TPSA) is 29.5 Å². The predicted octanol–water partition coefficient (Wildman–Crippen LogP) is 5.45. The maximum Gasteiger partial charge on any atom is 0.150 e. The normalized spacial score (nSPS) is 10.7. The third-order valence-corrected chi connectivity index (χ3v) is 4.26. The number of anilines is 2. The molecular weight excluding hydrogens is 322 g/mol. The van der Waals surface area contributed by atoms with Crippen LogP contribution in [0.2, 0.25) is 0 Å². The molecule has 0 spiro atoms. The Morgan fingerprint density at radius 2 is 1.35 bits per heavy atom. The molecule has 130 valence electrons. The van der Waals surface area contributed by atoms with Crippen molar-refractivity contribution in [2.45, 2.75) is 0 Å². The van der Waals surface area contributed by atoms with E-state index in [4.69, 9.17) is 4.74 Å². The van der Waals surface area contributed by atoms with Crippen LogP contribution >= 0.6 is 0 Å². The number of hydrogen-bond donors (Lipinski definition) is 0. The number of benzene rings is 3. The van der Waals surface area contributed by atoms with Crippen LogP contribution in [0.3, 0.4) is 0 Å². The molecule has 3 rings (SSSR count). The molecule has 0 aliphatic rings. The summed E-state index contributed by atoms with van der Waals surface area (Å²) in [5.41, 5.74) is 5.03. The highest BCUT2D eigenvalue weighted by molar-refractivity contribution is 5.77. The Balaban J connectivity index is 1.72. The Kier molecular flexibility index (Phi) is 5.49. The van der Waals surface area contributed by atoms with E-state index in [1.807, 2.05) is 55.6 Å². The van der Waals surface area contributed by atoms with Crippen molar-refractivity contribution in [3.05, 3.63) is 89.5 Å². The van der Waals surface area contributed by atoms with Gasteiger partial charge in [0, 0.05) is 24.0 Å². The molecule has 0 N–H and O–H groups in total. The second kappa shape index (κ2) is 8.17. The van der Waals surface area contributed by atoms with Crippen LogP contribution in [-0.4, -0.2) is 20.4 Å². The van der Waals surface area contributed by atoms with Gasteiger partial charge in [-0.15, -0.1) is 0 Å². The Morgan fingerprint density at radius 3 is 1.92 bits per heavy atom. The van der Waals surface area contributed by atoms with E-state index in [-0.39, 0.29) is 0 Å². The minimum absolute atomic E-state index is 0.681. The van der Waals surface area contributed by atoms with Gasteiger partial charge in [-0.2, -0.15) is 0 Å². The number of carbonyl (C=O) groups excluding carboxylic acids is 1. The minimum atomic E-state index is 0.681. The van der Waals surface area contributed by atoms with Crippen LogP contribution in [0.25, 0.3) is 12.2 Å². The molecule has 0 unspecified atom stereocenters. The van der Waals surface area contributed by atoms with Crippen LogP contribution < -0.4 is 9.64 Å². The SMILES string of the molecule is COc1cccc(/C=C/c2ccc(N(C)c3ccc(C=O)cc3)cc2)c1. The lowest BCUT2D eigenvalue weighted by Crippen LogP contribution is -2.09. The molecule has 26 heavy (non-hydrogen) atoms. The number of methoxy groups -OCH3 is 1. The van der Waals surface area contributed by atoms with Gasteiger partial charge in [0.05, 0.1) is 7.11 Å². The van der Waals surface area contributed by atoms with Crippen molar-refractivity contribution in [1.82, 2.24) is 0 Å². The zero-order chi connectivity index (χ0) is 18.4. The Morgan fingerprint density at radius 1 is 0.769 bits per heavy atom. The smallest absolute Gasteiger partial charge is 0.150 e. The van der Waals surface area contributed by atoms with Crippen LogP contribution in [0.5, 0.6) is 5.75 Å². The third-order valence-electron chi connectivity index (χ3n) is 4.26. The first kappa shape index (κ1) is 17.5. The fraction of sp³-hybridized carbons (Fsp3) is 0.0870. The highest BCUT2D eigenvalue weighted by Gasteiger charge is 2.03. The van der Waals surface area contributed by atoms with E-state index >= 15 is 0 Å². The molecule has 0 aliphatic heterocycles. The maximum absolute atomic E-state index is 10.8. The first-order valence-corrected chi connectivity index (χ1v) is 8.41. The van der Waals surface area contributed by atoms with E-state index in [0.29, 0.717) is 5.56 Å². The summed E-state index contributed by atoms with van der Waals surface area (Å²) in [7, 11) is 3.68. The van der Waals surface area contributed by atoms with E-state index < -0.39 is 0 Å². The van der Waals surface area contributed by atoms with E-state index in [9.17, 15) is 4.79 Å². The number of nitrogens with zero attached hydrogens (tertiary/aromatic N) is 1. The quantitative estimate of drug-likeness (QED) is 0.440. The number of rotatable bonds is 6. The van der Waals surface area contributed by atoms with Gasteiger partial charge in [0.15, 0.2) is 0 Å². The van der Waals surface area contributed by atoms with Crippen molar-refractivity contribution in [3.8, 4) is 5.75 Å². The van der Waals surface area contributed by atoms with Gasteiger partial charge in [-0.25, -0.2) is 0 Å². The standard InChI is InChI=1S/C23H21NO2/c1-24(22-14-10-20(17-25)11-15-22)21-12-8-18(9-13-21)6-7-19-4-3-5-23(16-19)26-2/h3-17H,1-2H3/b7-6+. The van der Waals surface area contributed by atoms with Crippen molar-refractivity contribution < 1.29 is 9.53 Å². The molecule has 0 atom stereocenters. The van der Waals surface area contributed by atoms with Crippen LogP contribution in [0.4, 0.5) is 11.4 Å². The summed E-state index contributed by atoms with van der Waals surface area (Å²) in [5, 5.41) is 0. The molecule has 0 heterocycles. The summed E-state index contributed by atoms with van der Waals surface area (Å²) < 4.78 is 5.25. The number of carbonyl (C=O) groups is 1. The molecule has 0 amide bonds. The summed E-state index contributed by atoms with van der Waals surface area (Å²) >= 11 is 0. The second-order valence-electron chi connectivity index (χ2n) is 5.97. The summed E-state index contributed by atoms with van der Waals surface area (Å²) in [6.45, 7) is 0. The van der Waals surface area contributed by atoms with Crippen molar-refractivity contribution in [1.29, 1.82) is 0 Å². The largest absolute Gasteiger partial charge is 0.497 e. The molecule has 3 heteroatoms. The molecular formula is C23H21NO2. The van der Waals surface area contributed by atoms with Gasteiger partial charge in [-0.3, -0.25) is 4.79 Å². The molecule has 3 aromatic carbocycles. The minimum Gasteiger partial charge on any atom is -0.497 e. The van der Waals surface area contributed by atoms with E-state index in [0.717, 1.165) is 34.5 Å². The van der Waals surface area contributed by atoms with Gasteiger partial charge in [0.1, 0.15) is 12.0 Å². The lowest BCUT2D eigenvalue weighted by molar-refractivity contribution is 0.112. The summed E-state index contributed by atoms with van der Waals surface area (Å²) in [5.74, 6) is 0.852. The summed E-state index contributed by atoms with van der Waals surface area (Å²) in [4.78, 5) is 12.9. The van der Waals surface area contributed by atoms with Gasteiger partial charge in [0.2, 0.25) is 0 Å². The fourth-order valence-corrected chi connectivity index (χ4v) is 2.67. The number of hydrogen-bond acceptors (Lipinski definition) is 3. The van der Waals surface area contributed by atoms with Crippen LogP contribution in [0, 0.1) is 0 Å². The van der Waals surface area contributed by atoms with Gasteiger partial charge in [-0.05, 0) is 59.7 Å². The fourth-order valence-electron chi connectivity index (χ4n) is 2.67. The number of ether oxygens (including phenoxy) is 1. The monoisotopic (exact) mass is 343 g/mol. The van der Waals surface area contributed by atoms with Crippen molar-refractivity contribution in [2.75, 3.05) is 19.1 Å². The lowest BCUT2D eigenvalue weighted by atomic mass is 10.1. The van der Waals surface area contributed by atoms with Crippen LogP contribution in [0.15, 0.2) is 72.8 Å². The summed E-state index contributed by atoms with van der Waals surface area (Å²) in [6, 6.07) is 23.8. The highest BCUT2D eigenvalue weighted by Crippen LogP contribution is 2.24. The van der Waals surface area contributed by atoms with Gasteiger partial charge >= 0.3 is 0 Å². The third kappa shape index (κ3) is 4.19. The number of aldehydes is 1. The zero-order valence-electron chi connectivity index (χ0n) is 14.9. The Hall–Kier alpha value is -3.33. The molecule has 0 saturated heterocycles. The second-order valence-corrected chi connectivity index (χ2v) is 5.97. The van der Waals surface area contributed by atoms with E-state index in [1.54, 1.807) is 7.11 Å². The van der Waals surface area contributed by atoms with Crippen LogP contribution in [-0.2, 0) is 0 Å². The first-order chi connectivity index (χ1) is 12.7. The predicted molar refractivity (Wildman–Crippen MR) is 108 cm³/mol. The van der Waals surface area contributed by atoms with Gasteiger partial charge in [-0.1, -0.05) is 36.4 Å². The zero-order valence-corrected chi connectivity index (χ0v) is 14.9. The first-order valence-electron chi connectivity index (χ1n) is 8.41. The molecule has 0 saturated carbocycles. The average molecular weight is 343 g/mol. The van der Waals surface area contributed by atoms with Crippen LogP contribution in [0.1, 0.15) is 21.5 Å². The van der Waals surface area contributed by atoms with Crippen molar-refractivity contribution in [2.24, 2.45) is 0 Å². The van der Waals surface area contributed by atoms with Gasteiger partial charge in [0.25, 0.3) is 0 Å². The molecule has 0 radical (unpaired) electrons. The molecule has 3 nitrogen and oxygen atoms in total. The molecule has 3 aromatic rings. The molecule has 0 bridgehead atoms. The summed E-state index contributed by atoms with van der Waals surface area (Å²) in [6.07, 6.45) is 5.00. The van der Waals surface area contributed by atoms with E-state index in [1.165, 1.54) is 0 Å². The lowest BCUT2D eigenvalue weighted by Gasteiger charge is -2.19. The average Bonchev–Trinajstić information content (AvgIpc) is 2.72.